The topological polar surface area (TPSA) is 144 Å². The van der Waals surface area contributed by atoms with Crippen LogP contribution in [0.1, 0.15) is 25.3 Å². The molecule has 1 heterocycles. The Kier molecular flexibility index (Phi) is 5.50. The van der Waals surface area contributed by atoms with Gasteiger partial charge in [0, 0.05) is 22.6 Å². The van der Waals surface area contributed by atoms with Gasteiger partial charge < -0.3 is 15.6 Å². The number of urea groups is 1. The molecule has 5 rings (SSSR count). The van der Waals surface area contributed by atoms with Gasteiger partial charge in [-0.3, -0.25) is 19.2 Å². The number of carbonyl (C=O) groups excluding carboxylic acids is 5. The third-order valence-electron chi connectivity index (χ3n) is 7.52. The molecule has 9 nitrogen and oxygen atoms in total. The number of phenols is 1. The van der Waals surface area contributed by atoms with Crippen LogP contribution in [-0.4, -0.2) is 46.5 Å². The number of aromatic hydroxyl groups is 1. The summed E-state index contributed by atoms with van der Waals surface area (Å²) in [6, 6.07) is 3.68. The summed E-state index contributed by atoms with van der Waals surface area (Å²) in [5, 5.41) is 9.89. The third kappa shape index (κ3) is 3.42. The van der Waals surface area contributed by atoms with Gasteiger partial charge in [0.05, 0.1) is 18.9 Å². The molecule has 4 unspecified atom stereocenters. The molecule has 1 aromatic rings. The van der Waals surface area contributed by atoms with Gasteiger partial charge >= 0.3 is 6.03 Å². The first-order valence-electron chi connectivity index (χ1n) is 11.6. The monoisotopic (exact) mass is 488 g/mol. The summed E-state index contributed by atoms with van der Waals surface area (Å²) in [5.74, 6) is -4.27. The Morgan fingerprint density at radius 3 is 2.61 bits per heavy atom. The van der Waals surface area contributed by atoms with Crippen LogP contribution in [0.3, 0.4) is 0 Å². The zero-order chi connectivity index (χ0) is 25.9. The molecular weight excluding hydrogens is 464 g/mol. The fourth-order valence-corrected chi connectivity index (χ4v) is 5.88. The second-order valence-electron chi connectivity index (χ2n) is 9.41. The van der Waals surface area contributed by atoms with E-state index < -0.39 is 41.5 Å². The fourth-order valence-electron chi connectivity index (χ4n) is 5.88. The molecule has 0 saturated carbocycles. The molecule has 3 N–H and O–H groups in total. The molecule has 1 saturated heterocycles. The van der Waals surface area contributed by atoms with Crippen LogP contribution in [0.15, 0.2) is 58.7 Å². The van der Waals surface area contributed by atoms with E-state index in [-0.39, 0.29) is 35.9 Å². The van der Waals surface area contributed by atoms with E-state index in [0.717, 1.165) is 5.57 Å². The molecule has 0 aromatic heterocycles. The van der Waals surface area contributed by atoms with E-state index in [0.29, 0.717) is 27.2 Å². The molecule has 0 bridgehead atoms. The number of imide groups is 3. The van der Waals surface area contributed by atoms with E-state index in [4.69, 9.17) is 10.5 Å². The van der Waals surface area contributed by atoms with Gasteiger partial charge in [0.15, 0.2) is 23.1 Å². The van der Waals surface area contributed by atoms with Gasteiger partial charge in [-0.2, -0.15) is 4.90 Å². The number of methoxy groups -OCH3 is 1. The smallest absolute Gasteiger partial charge is 0.328 e. The number of phenolic OH excluding ortho intramolecular Hbond substituents is 1. The number of hydrogen-bond acceptors (Lipinski definition) is 7. The summed E-state index contributed by atoms with van der Waals surface area (Å²) in [5.41, 5.74) is 7.77. The minimum absolute atomic E-state index is 0.0181. The molecule has 0 radical (unpaired) electrons. The molecule has 3 aliphatic carbocycles. The number of benzene rings is 1. The number of likely N-dealkylation sites (tertiary alicyclic amines) is 1. The van der Waals surface area contributed by atoms with E-state index in [1.807, 2.05) is 6.08 Å². The predicted molar refractivity (Wildman–Crippen MR) is 127 cm³/mol. The molecule has 184 valence electrons. The summed E-state index contributed by atoms with van der Waals surface area (Å²) in [6.45, 7) is 1.58. The number of nitrogens with zero attached hydrogens (tertiary/aromatic N) is 1. The minimum Gasteiger partial charge on any atom is -0.504 e. The summed E-state index contributed by atoms with van der Waals surface area (Å²) in [4.78, 5) is 64.5. The Bertz CT molecular complexity index is 1380. The first kappa shape index (κ1) is 23.5. The molecule has 4 amide bonds. The maximum absolute atomic E-state index is 13.1. The van der Waals surface area contributed by atoms with Crippen molar-refractivity contribution in [3.63, 3.8) is 0 Å². The lowest BCUT2D eigenvalue weighted by Gasteiger charge is -2.41. The number of Topliss-reactive ketones (excluding diaryl/α,β-unsaturated/α-hetero) is 1. The highest BCUT2D eigenvalue weighted by Crippen LogP contribution is 2.52. The fraction of sp³-hybridized carbons (Fsp3) is 0.296. The molecule has 1 aliphatic heterocycles. The lowest BCUT2D eigenvalue weighted by Crippen LogP contribution is -2.42. The number of primary amides is 1. The van der Waals surface area contributed by atoms with Crippen LogP contribution < -0.4 is 10.5 Å². The summed E-state index contributed by atoms with van der Waals surface area (Å²) in [7, 11) is 1.44. The summed E-state index contributed by atoms with van der Waals surface area (Å²) in [6.07, 6.45) is 7.07. The van der Waals surface area contributed by atoms with Crippen molar-refractivity contribution in [2.24, 2.45) is 29.4 Å². The molecule has 4 aliphatic rings. The SMILES string of the molecule is COc1cc(C=CC2C3=CCC4C(=O)N(C(N)=O)C(=O)C4C3CC3=C2C(=O)C=C(C)C3=O)ccc1O. The molecular formula is C27H24N2O7. The lowest BCUT2D eigenvalue weighted by molar-refractivity contribution is -0.136. The van der Waals surface area contributed by atoms with Gasteiger partial charge in [0.2, 0.25) is 11.8 Å². The van der Waals surface area contributed by atoms with Crippen molar-refractivity contribution in [1.82, 2.24) is 4.90 Å². The number of fused-ring (bicyclic) bond motifs is 3. The zero-order valence-electron chi connectivity index (χ0n) is 19.7. The first-order valence-corrected chi connectivity index (χ1v) is 11.6. The zero-order valence-corrected chi connectivity index (χ0v) is 19.7. The van der Waals surface area contributed by atoms with Crippen LogP contribution in [0.25, 0.3) is 6.08 Å². The van der Waals surface area contributed by atoms with Gasteiger partial charge in [-0.25, -0.2) is 4.79 Å². The van der Waals surface area contributed by atoms with Gasteiger partial charge in [-0.15, -0.1) is 0 Å². The first-order chi connectivity index (χ1) is 17.1. The molecule has 1 aromatic carbocycles. The number of ketones is 2. The second kappa shape index (κ2) is 8.44. The average molecular weight is 488 g/mol. The maximum atomic E-state index is 13.1. The van der Waals surface area contributed by atoms with Crippen LogP contribution in [0.4, 0.5) is 4.79 Å². The highest BCUT2D eigenvalue weighted by atomic mass is 16.5. The second-order valence-corrected chi connectivity index (χ2v) is 9.41. The summed E-state index contributed by atoms with van der Waals surface area (Å²) < 4.78 is 5.17. The molecule has 1 fully saturated rings. The van der Waals surface area contributed by atoms with E-state index in [2.05, 4.69) is 0 Å². The highest BCUT2D eigenvalue weighted by molar-refractivity contribution is 6.23. The van der Waals surface area contributed by atoms with Crippen molar-refractivity contribution >= 4 is 35.5 Å². The highest BCUT2D eigenvalue weighted by Gasteiger charge is 2.57. The summed E-state index contributed by atoms with van der Waals surface area (Å²) >= 11 is 0. The van der Waals surface area contributed by atoms with Crippen LogP contribution in [-0.2, 0) is 19.2 Å². The number of ether oxygens (including phenoxy) is 1. The van der Waals surface area contributed by atoms with Crippen LogP contribution >= 0.6 is 0 Å². The van der Waals surface area contributed by atoms with E-state index in [9.17, 15) is 29.1 Å². The van der Waals surface area contributed by atoms with E-state index >= 15 is 0 Å². The van der Waals surface area contributed by atoms with Gasteiger partial charge in [0.25, 0.3) is 0 Å². The van der Waals surface area contributed by atoms with Gasteiger partial charge in [-0.1, -0.05) is 29.9 Å². The van der Waals surface area contributed by atoms with E-state index in [1.165, 1.54) is 19.3 Å². The van der Waals surface area contributed by atoms with Crippen molar-refractivity contribution in [2.75, 3.05) is 7.11 Å². The Morgan fingerprint density at radius 1 is 1.17 bits per heavy atom. The number of carbonyl (C=O) groups is 5. The average Bonchev–Trinajstić information content (AvgIpc) is 3.11. The van der Waals surface area contributed by atoms with Gasteiger partial charge in [-0.05, 0) is 49.5 Å². The number of hydrogen-bond donors (Lipinski definition) is 2. The molecule has 36 heavy (non-hydrogen) atoms. The van der Waals surface area contributed by atoms with Crippen LogP contribution in [0.2, 0.25) is 0 Å². The van der Waals surface area contributed by atoms with Crippen molar-refractivity contribution in [1.29, 1.82) is 0 Å². The van der Waals surface area contributed by atoms with Gasteiger partial charge in [0.1, 0.15) is 0 Å². The number of allylic oxidation sites excluding steroid dienone is 7. The molecule has 9 heteroatoms. The quantitative estimate of drug-likeness (QED) is 0.378. The molecule has 4 atom stereocenters. The Morgan fingerprint density at radius 2 is 1.92 bits per heavy atom. The Labute approximate surface area is 206 Å². The van der Waals surface area contributed by atoms with Crippen molar-refractivity contribution in [2.45, 2.75) is 19.8 Å². The van der Waals surface area contributed by atoms with Crippen LogP contribution in [0.5, 0.6) is 11.5 Å². The maximum Gasteiger partial charge on any atom is 0.328 e. The van der Waals surface area contributed by atoms with Crippen molar-refractivity contribution in [3.8, 4) is 11.5 Å². The minimum atomic E-state index is -1.11. The predicted octanol–water partition coefficient (Wildman–Crippen LogP) is 2.45. The lowest BCUT2D eigenvalue weighted by atomic mass is 9.60. The Balaban J connectivity index is 1.61. The third-order valence-corrected chi connectivity index (χ3v) is 7.52. The van der Waals surface area contributed by atoms with Crippen molar-refractivity contribution in [3.05, 3.63) is 64.3 Å². The largest absolute Gasteiger partial charge is 0.504 e. The van der Waals surface area contributed by atoms with Crippen molar-refractivity contribution < 1.29 is 33.8 Å². The molecule has 0 spiro atoms. The number of nitrogens with two attached hydrogens (primary N) is 1. The standard InChI is InChI=1S/C27H24N2O7/c1-12-9-20(31)22-15(5-3-13-4-8-19(30)21(10-13)36-2)14-6-7-16-23(17(14)11-18(22)24(12)32)26(34)29(25(16)33)27(28)35/h3-6,8-10,15-17,23,30H,7,11H2,1-2H3,(H2,28,35). The Hall–Kier alpha value is -4.27. The number of amides is 4. The number of rotatable bonds is 3. The normalized spacial score (nSPS) is 27.6. The van der Waals surface area contributed by atoms with E-state index in [1.54, 1.807) is 31.2 Å². The van der Waals surface area contributed by atoms with Crippen LogP contribution in [0, 0.1) is 23.7 Å².